The molecule has 5 rings (SSSR count). The minimum absolute atomic E-state index is 0.00606. The van der Waals surface area contributed by atoms with E-state index in [1.54, 1.807) is 0 Å². The molecular weight excluding hydrogens is 489 g/mol. The minimum Gasteiger partial charge on any atom is -0.454 e. The summed E-state index contributed by atoms with van der Waals surface area (Å²) in [5.41, 5.74) is 0.310. The number of carbonyl (C=O) groups excluding carboxylic acids is 1. The Balaban J connectivity index is 1.35. The van der Waals surface area contributed by atoms with Gasteiger partial charge < -0.3 is 14.4 Å². The van der Waals surface area contributed by atoms with Crippen molar-refractivity contribution in [3.63, 3.8) is 0 Å². The van der Waals surface area contributed by atoms with Crippen LogP contribution in [0.3, 0.4) is 0 Å². The van der Waals surface area contributed by atoms with Crippen LogP contribution in [0, 0.1) is 0 Å². The van der Waals surface area contributed by atoms with Crippen molar-refractivity contribution in [2.24, 2.45) is 0 Å². The molecule has 3 heterocycles. The fourth-order valence-corrected chi connectivity index (χ4v) is 6.57. The zero-order valence-corrected chi connectivity index (χ0v) is 20.2. The lowest BCUT2D eigenvalue weighted by atomic mass is 9.96. The van der Waals surface area contributed by atoms with E-state index in [9.17, 15) is 13.2 Å². The van der Waals surface area contributed by atoms with Crippen LogP contribution < -0.4 is 14.8 Å². The van der Waals surface area contributed by atoms with Crippen LogP contribution in [-0.4, -0.2) is 55.1 Å². The van der Waals surface area contributed by atoms with E-state index >= 15 is 0 Å². The Morgan fingerprint density at radius 1 is 1.06 bits per heavy atom. The third-order valence-corrected chi connectivity index (χ3v) is 9.13. The topological polar surface area (TPSA) is 88.2 Å². The lowest BCUT2D eigenvalue weighted by molar-refractivity contribution is -0.133. The van der Waals surface area contributed by atoms with Crippen molar-refractivity contribution in [3.05, 3.63) is 52.0 Å². The Morgan fingerprint density at radius 3 is 2.52 bits per heavy atom. The van der Waals surface area contributed by atoms with E-state index in [0.717, 1.165) is 5.56 Å². The second kappa shape index (κ2) is 8.32. The zero-order chi connectivity index (χ0) is 23.4. The first kappa shape index (κ1) is 22.7. The molecule has 0 saturated carbocycles. The number of carbonyl (C=O) groups is 1. The number of ether oxygens (including phenoxy) is 2. The maximum Gasteiger partial charge on any atom is 0.243 e. The third kappa shape index (κ3) is 3.95. The number of rotatable bonds is 4. The van der Waals surface area contributed by atoms with Crippen molar-refractivity contribution < 1.29 is 22.7 Å². The van der Waals surface area contributed by atoms with Crippen molar-refractivity contribution in [1.29, 1.82) is 0 Å². The summed E-state index contributed by atoms with van der Waals surface area (Å²) in [6.45, 7) is 2.96. The van der Waals surface area contributed by atoms with Crippen LogP contribution in [0.4, 0.5) is 0 Å². The van der Waals surface area contributed by atoms with E-state index in [-0.39, 0.29) is 41.7 Å². The maximum absolute atomic E-state index is 13.2. The van der Waals surface area contributed by atoms with Gasteiger partial charge in [0.1, 0.15) is 0 Å². The Hall–Kier alpha value is -2.04. The standard InChI is InChI=1S/C22H23Cl2N3O5S/c1-14-21(28)27(12-15-2-5-19-20(10-15)32-13-31-19)22(25-14)6-8-26(9-7-22)33(29,30)16-3-4-17(23)18(24)11-16/h2-5,10-11,14,25H,6-9,12-13H2,1H3. The average Bonchev–Trinajstić information content (AvgIpc) is 3.34. The molecule has 2 fully saturated rings. The van der Waals surface area contributed by atoms with E-state index in [2.05, 4.69) is 5.32 Å². The maximum atomic E-state index is 13.2. The second-order valence-electron chi connectivity index (χ2n) is 8.49. The van der Waals surface area contributed by atoms with Crippen LogP contribution >= 0.6 is 23.2 Å². The molecule has 3 aliphatic rings. The molecule has 3 aliphatic heterocycles. The average molecular weight is 512 g/mol. The van der Waals surface area contributed by atoms with Crippen LogP contribution in [0.15, 0.2) is 41.3 Å². The summed E-state index contributed by atoms with van der Waals surface area (Å²) in [7, 11) is -3.73. The number of nitrogens with zero attached hydrogens (tertiary/aromatic N) is 2. The first-order valence-corrected chi connectivity index (χ1v) is 12.8. The number of halogens is 2. The quantitative estimate of drug-likeness (QED) is 0.677. The summed E-state index contributed by atoms with van der Waals surface area (Å²) < 4.78 is 38.6. The summed E-state index contributed by atoms with van der Waals surface area (Å²) in [6, 6.07) is 9.60. The van der Waals surface area contributed by atoms with Gasteiger partial charge >= 0.3 is 0 Å². The minimum atomic E-state index is -3.73. The highest BCUT2D eigenvalue weighted by Crippen LogP contribution is 2.38. The molecular formula is C22H23Cl2N3O5S. The molecule has 2 aromatic carbocycles. The number of fused-ring (bicyclic) bond motifs is 1. The van der Waals surface area contributed by atoms with Gasteiger partial charge in [0.2, 0.25) is 22.7 Å². The van der Waals surface area contributed by atoms with Gasteiger partial charge in [0.15, 0.2) is 11.5 Å². The first-order chi connectivity index (χ1) is 15.7. The monoisotopic (exact) mass is 511 g/mol. The molecule has 2 saturated heterocycles. The van der Waals surface area contributed by atoms with Gasteiger partial charge in [-0.25, -0.2) is 8.42 Å². The molecule has 2 aromatic rings. The molecule has 176 valence electrons. The van der Waals surface area contributed by atoms with Crippen LogP contribution in [0.5, 0.6) is 11.5 Å². The van der Waals surface area contributed by atoms with Crippen LogP contribution in [0.1, 0.15) is 25.3 Å². The van der Waals surface area contributed by atoms with Gasteiger partial charge in [0, 0.05) is 19.6 Å². The SMILES string of the molecule is CC1NC2(CCN(S(=O)(=O)c3ccc(Cl)c(Cl)c3)CC2)N(Cc2ccc3c(c2)OCO3)C1=O. The summed E-state index contributed by atoms with van der Waals surface area (Å²) in [5, 5.41) is 3.92. The number of nitrogens with one attached hydrogen (secondary N) is 1. The van der Waals surface area contributed by atoms with Gasteiger partial charge in [-0.15, -0.1) is 0 Å². The van der Waals surface area contributed by atoms with E-state index in [0.29, 0.717) is 35.9 Å². The smallest absolute Gasteiger partial charge is 0.243 e. The molecule has 1 spiro atoms. The van der Waals surface area contributed by atoms with E-state index < -0.39 is 15.7 Å². The van der Waals surface area contributed by atoms with Crippen LogP contribution in [0.25, 0.3) is 0 Å². The molecule has 1 N–H and O–H groups in total. The number of sulfonamides is 1. The molecule has 1 atom stereocenters. The fraction of sp³-hybridized carbons (Fsp3) is 0.409. The second-order valence-corrected chi connectivity index (χ2v) is 11.2. The van der Waals surface area contributed by atoms with E-state index in [1.807, 2.05) is 30.0 Å². The summed E-state index contributed by atoms with van der Waals surface area (Å²) in [6.07, 6.45) is 0.933. The number of hydrogen-bond acceptors (Lipinski definition) is 6. The highest BCUT2D eigenvalue weighted by atomic mass is 35.5. The van der Waals surface area contributed by atoms with Crippen molar-refractivity contribution >= 4 is 39.1 Å². The molecule has 0 aliphatic carbocycles. The highest BCUT2D eigenvalue weighted by Gasteiger charge is 2.51. The number of amides is 1. The van der Waals surface area contributed by atoms with Gasteiger partial charge in [-0.1, -0.05) is 29.3 Å². The summed E-state index contributed by atoms with van der Waals surface area (Å²) >= 11 is 12.0. The Morgan fingerprint density at radius 2 is 1.79 bits per heavy atom. The number of hydrogen-bond donors (Lipinski definition) is 1. The van der Waals surface area contributed by atoms with Crippen molar-refractivity contribution in [3.8, 4) is 11.5 Å². The lowest BCUT2D eigenvalue weighted by Crippen LogP contribution is -2.59. The van der Waals surface area contributed by atoms with Gasteiger partial charge in [-0.05, 0) is 55.7 Å². The van der Waals surface area contributed by atoms with Gasteiger partial charge in [-0.2, -0.15) is 4.31 Å². The van der Waals surface area contributed by atoms with Crippen LogP contribution in [0.2, 0.25) is 10.0 Å². The van der Waals surface area contributed by atoms with Crippen LogP contribution in [-0.2, 0) is 21.4 Å². The van der Waals surface area contributed by atoms with E-state index in [1.165, 1.54) is 22.5 Å². The molecule has 1 unspecified atom stereocenters. The Labute approximate surface area is 202 Å². The predicted octanol–water partition coefficient (Wildman–Crippen LogP) is 3.22. The molecule has 0 bridgehead atoms. The van der Waals surface area contributed by atoms with Gasteiger partial charge in [0.05, 0.1) is 26.6 Å². The van der Waals surface area contributed by atoms with Crippen molar-refractivity contribution in [2.75, 3.05) is 19.9 Å². The first-order valence-electron chi connectivity index (χ1n) is 10.6. The van der Waals surface area contributed by atoms with Gasteiger partial charge in [0.25, 0.3) is 0 Å². The molecule has 33 heavy (non-hydrogen) atoms. The summed E-state index contributed by atoms with van der Waals surface area (Å²) in [4.78, 5) is 15.0. The molecule has 0 aromatic heterocycles. The molecule has 8 nitrogen and oxygen atoms in total. The summed E-state index contributed by atoms with van der Waals surface area (Å²) in [5.74, 6) is 1.35. The molecule has 11 heteroatoms. The highest BCUT2D eigenvalue weighted by molar-refractivity contribution is 7.89. The lowest BCUT2D eigenvalue weighted by Gasteiger charge is -2.44. The van der Waals surface area contributed by atoms with Crippen molar-refractivity contribution in [1.82, 2.24) is 14.5 Å². The fourth-order valence-electron chi connectivity index (χ4n) is 4.74. The predicted molar refractivity (Wildman–Crippen MR) is 123 cm³/mol. The van der Waals surface area contributed by atoms with E-state index in [4.69, 9.17) is 32.7 Å². The third-order valence-electron chi connectivity index (χ3n) is 6.49. The molecule has 0 radical (unpaired) electrons. The Bertz CT molecular complexity index is 1210. The Kier molecular flexibility index (Phi) is 5.73. The number of benzene rings is 2. The largest absolute Gasteiger partial charge is 0.454 e. The number of piperidine rings is 1. The molecule has 1 amide bonds. The normalized spacial score (nSPS) is 22.3. The van der Waals surface area contributed by atoms with Gasteiger partial charge in [-0.3, -0.25) is 10.1 Å². The van der Waals surface area contributed by atoms with Crippen molar-refractivity contribution in [2.45, 2.75) is 42.9 Å². The zero-order valence-electron chi connectivity index (χ0n) is 17.9.